The van der Waals surface area contributed by atoms with Crippen molar-refractivity contribution in [2.75, 3.05) is 11.9 Å². The van der Waals surface area contributed by atoms with E-state index in [0.717, 1.165) is 19.3 Å². The van der Waals surface area contributed by atoms with Crippen molar-refractivity contribution in [1.82, 2.24) is 0 Å². The number of esters is 1. The highest BCUT2D eigenvalue weighted by Gasteiger charge is 2.24. The summed E-state index contributed by atoms with van der Waals surface area (Å²) in [6.45, 7) is 2.00. The molecule has 1 fully saturated rings. The van der Waals surface area contributed by atoms with E-state index in [2.05, 4.69) is 18.2 Å². The molecule has 1 saturated carbocycles. The van der Waals surface area contributed by atoms with Crippen LogP contribution in [-0.4, -0.2) is 23.5 Å². The van der Waals surface area contributed by atoms with Crippen LogP contribution in [0.2, 0.25) is 0 Å². The van der Waals surface area contributed by atoms with Gasteiger partial charge < -0.3 is 10.1 Å². The first-order valence-corrected chi connectivity index (χ1v) is 7.68. The number of terminal acetylenes is 1. The number of nitro groups is 1. The Hall–Kier alpha value is -2.55. The van der Waals surface area contributed by atoms with Crippen molar-refractivity contribution in [3.8, 4) is 12.3 Å². The predicted octanol–water partition coefficient (Wildman–Crippen LogP) is 3.38. The Labute approximate surface area is 135 Å². The monoisotopic (exact) mass is 316 g/mol. The molecule has 122 valence electrons. The fourth-order valence-corrected chi connectivity index (χ4v) is 2.86. The quantitative estimate of drug-likeness (QED) is 0.390. The first-order valence-electron chi connectivity index (χ1n) is 7.68. The van der Waals surface area contributed by atoms with Gasteiger partial charge in [-0.1, -0.05) is 25.7 Å². The highest BCUT2D eigenvalue weighted by Crippen LogP contribution is 2.30. The second-order valence-electron chi connectivity index (χ2n) is 5.78. The maximum absolute atomic E-state index is 12.1. The smallest absolute Gasteiger partial charge is 0.341 e. The van der Waals surface area contributed by atoms with E-state index in [1.807, 2.05) is 0 Å². The van der Waals surface area contributed by atoms with Gasteiger partial charge in [0.1, 0.15) is 0 Å². The summed E-state index contributed by atoms with van der Waals surface area (Å²) in [7, 11) is 0. The lowest BCUT2D eigenvalue weighted by Crippen LogP contribution is -2.31. The Kier molecular flexibility index (Phi) is 5.58. The zero-order valence-electron chi connectivity index (χ0n) is 13.1. The molecule has 6 heteroatoms. The van der Waals surface area contributed by atoms with Crippen molar-refractivity contribution in [3.05, 3.63) is 33.9 Å². The van der Waals surface area contributed by atoms with Crippen LogP contribution in [0.15, 0.2) is 18.2 Å². The fraction of sp³-hybridized carbons (Fsp3) is 0.471. The molecule has 0 radical (unpaired) electrons. The Morgan fingerprint density at radius 1 is 1.48 bits per heavy atom. The van der Waals surface area contributed by atoms with Crippen molar-refractivity contribution in [3.63, 3.8) is 0 Å². The summed E-state index contributed by atoms with van der Waals surface area (Å²) in [5.74, 6) is 2.04. The second kappa shape index (κ2) is 7.63. The minimum absolute atomic E-state index is 0.146. The standard InChI is InChI=1S/C17H20N2O4/c1-3-10-23-17(20)14-11-13(19(21)22)8-9-16(14)18-15-7-5-4-6-12(15)2/h1,8-9,11-12,15,18H,4-7,10H2,2H3/t12-,15-/m0/s1. The number of rotatable bonds is 5. The lowest BCUT2D eigenvalue weighted by atomic mass is 9.85. The molecule has 1 aliphatic rings. The number of nitro benzene ring substituents is 1. The zero-order valence-corrected chi connectivity index (χ0v) is 13.1. The highest BCUT2D eigenvalue weighted by atomic mass is 16.6. The Bertz CT molecular complexity index is 636. The van der Waals surface area contributed by atoms with Gasteiger partial charge in [-0.3, -0.25) is 10.1 Å². The third-order valence-corrected chi connectivity index (χ3v) is 4.17. The van der Waals surface area contributed by atoms with E-state index >= 15 is 0 Å². The van der Waals surface area contributed by atoms with Gasteiger partial charge in [-0.2, -0.15) is 0 Å². The summed E-state index contributed by atoms with van der Waals surface area (Å²) in [5, 5.41) is 14.3. The molecule has 2 rings (SSSR count). The molecule has 0 bridgehead atoms. The third-order valence-electron chi connectivity index (χ3n) is 4.17. The van der Waals surface area contributed by atoms with Crippen LogP contribution in [0.5, 0.6) is 0 Å². The number of carbonyl (C=O) groups excluding carboxylic acids is 1. The molecule has 1 aliphatic carbocycles. The van der Waals surface area contributed by atoms with Crippen LogP contribution < -0.4 is 5.32 Å². The lowest BCUT2D eigenvalue weighted by Gasteiger charge is -2.30. The number of hydrogen-bond donors (Lipinski definition) is 1. The summed E-state index contributed by atoms with van der Waals surface area (Å²) in [4.78, 5) is 22.5. The zero-order chi connectivity index (χ0) is 16.8. The maximum Gasteiger partial charge on any atom is 0.341 e. The number of nitrogens with one attached hydrogen (secondary N) is 1. The molecule has 0 aromatic heterocycles. The molecule has 1 N–H and O–H groups in total. The molecular weight excluding hydrogens is 296 g/mol. The van der Waals surface area contributed by atoms with Crippen molar-refractivity contribution >= 4 is 17.3 Å². The normalized spacial score (nSPS) is 20.3. The van der Waals surface area contributed by atoms with Gasteiger partial charge >= 0.3 is 5.97 Å². The van der Waals surface area contributed by atoms with Crippen LogP contribution in [0.1, 0.15) is 43.0 Å². The molecule has 0 heterocycles. The first kappa shape index (κ1) is 16.8. The number of ether oxygens (including phenoxy) is 1. The van der Waals surface area contributed by atoms with Gasteiger partial charge in [0.2, 0.25) is 0 Å². The summed E-state index contributed by atoms with van der Waals surface area (Å²) in [5.41, 5.74) is 0.545. The average molecular weight is 316 g/mol. The van der Waals surface area contributed by atoms with Crippen molar-refractivity contribution in [2.24, 2.45) is 5.92 Å². The average Bonchev–Trinajstić information content (AvgIpc) is 2.54. The minimum atomic E-state index is -0.655. The third kappa shape index (κ3) is 4.22. The van der Waals surface area contributed by atoms with Crippen molar-refractivity contribution < 1.29 is 14.5 Å². The van der Waals surface area contributed by atoms with Gasteiger partial charge in [0.15, 0.2) is 6.61 Å². The van der Waals surface area contributed by atoms with E-state index in [4.69, 9.17) is 11.2 Å². The van der Waals surface area contributed by atoms with E-state index in [9.17, 15) is 14.9 Å². The number of benzene rings is 1. The van der Waals surface area contributed by atoms with Crippen LogP contribution in [-0.2, 0) is 4.74 Å². The Morgan fingerprint density at radius 3 is 2.87 bits per heavy atom. The topological polar surface area (TPSA) is 81.5 Å². The molecule has 0 unspecified atom stereocenters. The van der Waals surface area contributed by atoms with Crippen molar-refractivity contribution in [1.29, 1.82) is 0 Å². The Balaban J connectivity index is 2.27. The van der Waals surface area contributed by atoms with E-state index in [0.29, 0.717) is 11.6 Å². The van der Waals surface area contributed by atoms with Crippen LogP contribution in [0.25, 0.3) is 0 Å². The van der Waals surface area contributed by atoms with E-state index in [1.165, 1.54) is 18.6 Å². The molecule has 1 aromatic carbocycles. The van der Waals surface area contributed by atoms with Crippen molar-refractivity contribution in [2.45, 2.75) is 38.6 Å². The SMILES string of the molecule is C#CCOC(=O)c1cc([N+](=O)[O-])ccc1N[C@H]1CCCC[C@@H]1C. The minimum Gasteiger partial charge on any atom is -0.449 e. The number of carbonyl (C=O) groups is 1. The molecule has 0 aliphatic heterocycles. The molecule has 2 atom stereocenters. The largest absolute Gasteiger partial charge is 0.449 e. The van der Waals surface area contributed by atoms with Crippen LogP contribution in [0, 0.1) is 28.4 Å². The fourth-order valence-electron chi connectivity index (χ4n) is 2.86. The summed E-state index contributed by atoms with van der Waals surface area (Å²) >= 11 is 0. The highest BCUT2D eigenvalue weighted by molar-refractivity contribution is 5.96. The number of anilines is 1. The van der Waals surface area contributed by atoms with Gasteiger partial charge in [-0.15, -0.1) is 6.42 Å². The molecule has 0 spiro atoms. The molecular formula is C17H20N2O4. The first-order chi connectivity index (χ1) is 11.0. The second-order valence-corrected chi connectivity index (χ2v) is 5.78. The van der Waals surface area contributed by atoms with E-state index in [-0.39, 0.29) is 23.9 Å². The summed E-state index contributed by atoms with van der Waals surface area (Å²) < 4.78 is 4.93. The maximum atomic E-state index is 12.1. The molecule has 0 saturated heterocycles. The molecule has 0 amide bonds. The number of nitrogens with zero attached hydrogens (tertiary/aromatic N) is 1. The van der Waals surface area contributed by atoms with Crippen LogP contribution >= 0.6 is 0 Å². The van der Waals surface area contributed by atoms with Gasteiger partial charge in [0, 0.05) is 23.9 Å². The molecule has 1 aromatic rings. The number of hydrogen-bond acceptors (Lipinski definition) is 5. The molecule has 6 nitrogen and oxygen atoms in total. The van der Waals surface area contributed by atoms with Crippen LogP contribution in [0.4, 0.5) is 11.4 Å². The summed E-state index contributed by atoms with van der Waals surface area (Å²) in [6.07, 6.45) is 9.56. The lowest BCUT2D eigenvalue weighted by molar-refractivity contribution is -0.384. The number of non-ortho nitro benzene ring substituents is 1. The predicted molar refractivity (Wildman–Crippen MR) is 87.3 cm³/mol. The summed E-state index contributed by atoms with van der Waals surface area (Å²) in [6, 6.07) is 4.42. The van der Waals surface area contributed by atoms with E-state index < -0.39 is 10.9 Å². The van der Waals surface area contributed by atoms with Gasteiger partial charge in [0.25, 0.3) is 5.69 Å². The van der Waals surface area contributed by atoms with Crippen LogP contribution in [0.3, 0.4) is 0 Å². The molecule has 23 heavy (non-hydrogen) atoms. The Morgan fingerprint density at radius 2 is 2.22 bits per heavy atom. The van der Waals surface area contributed by atoms with E-state index in [1.54, 1.807) is 6.07 Å². The van der Waals surface area contributed by atoms with Gasteiger partial charge in [0.05, 0.1) is 10.5 Å². The van der Waals surface area contributed by atoms with Gasteiger partial charge in [-0.05, 0) is 24.8 Å². The van der Waals surface area contributed by atoms with Gasteiger partial charge in [-0.25, -0.2) is 4.79 Å².